The molecule has 0 aliphatic rings. The molecule has 3 nitrogen and oxygen atoms in total. The fourth-order valence-corrected chi connectivity index (χ4v) is 1.85. The van der Waals surface area contributed by atoms with Crippen LogP contribution in [0.5, 0.6) is 0 Å². The molecule has 108 valence electrons. The van der Waals surface area contributed by atoms with Crippen molar-refractivity contribution in [2.45, 2.75) is 57.9 Å². The molecular weight excluding hydrogens is 269 g/mol. The SMILES string of the molecule is CCC=C(CCCCCC)OS(=O)(=O)C(F)(F)F. The Bertz CT molecular complexity index is 358. The van der Waals surface area contributed by atoms with Crippen LogP contribution in [0, 0.1) is 0 Å². The monoisotopic (exact) mass is 288 g/mol. The fourth-order valence-electron chi connectivity index (χ4n) is 1.32. The number of hydrogen-bond donors (Lipinski definition) is 0. The highest BCUT2D eigenvalue weighted by molar-refractivity contribution is 7.87. The molecule has 0 spiro atoms. The topological polar surface area (TPSA) is 43.4 Å². The fraction of sp³-hybridized carbons (Fsp3) is 0.818. The van der Waals surface area contributed by atoms with Gasteiger partial charge in [0.05, 0.1) is 0 Å². The van der Waals surface area contributed by atoms with Crippen LogP contribution in [0.2, 0.25) is 0 Å². The van der Waals surface area contributed by atoms with Gasteiger partial charge >= 0.3 is 15.6 Å². The molecule has 0 saturated carbocycles. The third kappa shape index (κ3) is 6.28. The predicted octanol–water partition coefficient (Wildman–Crippen LogP) is 4.12. The lowest BCUT2D eigenvalue weighted by Crippen LogP contribution is -2.25. The number of unbranched alkanes of at least 4 members (excludes halogenated alkanes) is 3. The first-order valence-electron chi connectivity index (χ1n) is 5.94. The van der Waals surface area contributed by atoms with Crippen LogP contribution in [-0.2, 0) is 14.3 Å². The average Bonchev–Trinajstić information content (AvgIpc) is 2.22. The molecule has 0 atom stereocenters. The number of hydrogen-bond acceptors (Lipinski definition) is 3. The zero-order valence-corrected chi connectivity index (χ0v) is 11.4. The molecule has 0 amide bonds. The Morgan fingerprint density at radius 1 is 1.17 bits per heavy atom. The Labute approximate surface area is 106 Å². The molecule has 0 N–H and O–H groups in total. The van der Waals surface area contributed by atoms with E-state index in [4.69, 9.17) is 0 Å². The highest BCUT2D eigenvalue weighted by Gasteiger charge is 2.48. The van der Waals surface area contributed by atoms with Crippen LogP contribution in [0.25, 0.3) is 0 Å². The van der Waals surface area contributed by atoms with Crippen molar-refractivity contribution in [3.05, 3.63) is 11.8 Å². The van der Waals surface area contributed by atoms with Gasteiger partial charge in [0, 0.05) is 6.42 Å². The summed E-state index contributed by atoms with van der Waals surface area (Å²) >= 11 is 0. The van der Waals surface area contributed by atoms with Crippen LogP contribution in [0.4, 0.5) is 13.2 Å². The lowest BCUT2D eigenvalue weighted by molar-refractivity contribution is -0.0523. The molecule has 0 unspecified atom stereocenters. The van der Waals surface area contributed by atoms with Crippen molar-refractivity contribution < 1.29 is 25.8 Å². The van der Waals surface area contributed by atoms with E-state index in [-0.39, 0.29) is 12.2 Å². The highest BCUT2D eigenvalue weighted by Crippen LogP contribution is 2.28. The Morgan fingerprint density at radius 2 is 1.78 bits per heavy atom. The minimum Gasteiger partial charge on any atom is -0.381 e. The van der Waals surface area contributed by atoms with Gasteiger partial charge in [-0.1, -0.05) is 33.1 Å². The molecule has 0 heterocycles. The van der Waals surface area contributed by atoms with E-state index in [1.165, 1.54) is 6.08 Å². The second-order valence-corrected chi connectivity index (χ2v) is 5.41. The Balaban J connectivity index is 4.52. The summed E-state index contributed by atoms with van der Waals surface area (Å²) in [6, 6.07) is 0. The van der Waals surface area contributed by atoms with Crippen molar-refractivity contribution >= 4 is 10.1 Å². The van der Waals surface area contributed by atoms with E-state index in [1.54, 1.807) is 6.92 Å². The smallest absolute Gasteiger partial charge is 0.381 e. The minimum atomic E-state index is -5.53. The van der Waals surface area contributed by atoms with Crippen LogP contribution in [0.1, 0.15) is 52.4 Å². The van der Waals surface area contributed by atoms with Crippen LogP contribution < -0.4 is 0 Å². The normalized spacial score (nSPS) is 13.7. The van der Waals surface area contributed by atoms with Gasteiger partial charge in [-0.3, -0.25) is 0 Å². The molecule has 0 saturated heterocycles. The summed E-state index contributed by atoms with van der Waals surface area (Å²) in [6.45, 7) is 3.71. The zero-order valence-electron chi connectivity index (χ0n) is 10.6. The number of halogens is 3. The summed E-state index contributed by atoms with van der Waals surface area (Å²) in [7, 11) is -5.53. The van der Waals surface area contributed by atoms with Crippen molar-refractivity contribution in [2.75, 3.05) is 0 Å². The molecule has 0 aromatic heterocycles. The maximum absolute atomic E-state index is 12.1. The van der Waals surface area contributed by atoms with Gasteiger partial charge in [0.25, 0.3) is 0 Å². The average molecular weight is 288 g/mol. The van der Waals surface area contributed by atoms with Gasteiger partial charge in [-0.15, -0.1) is 0 Å². The Morgan fingerprint density at radius 3 is 2.22 bits per heavy atom. The molecule has 0 bridgehead atoms. The van der Waals surface area contributed by atoms with Crippen LogP contribution in [0.3, 0.4) is 0 Å². The van der Waals surface area contributed by atoms with Crippen molar-refractivity contribution in [3.8, 4) is 0 Å². The Hall–Kier alpha value is -0.720. The second kappa shape index (κ2) is 7.66. The standard InChI is InChI=1S/C11H19F3O3S/c1-3-5-6-7-9-10(8-4-2)17-18(15,16)11(12,13)14/h8H,3-7,9H2,1-2H3. The summed E-state index contributed by atoms with van der Waals surface area (Å²) in [5.74, 6) is -0.120. The first-order valence-corrected chi connectivity index (χ1v) is 7.35. The van der Waals surface area contributed by atoms with Crippen LogP contribution in [-0.4, -0.2) is 13.9 Å². The Kier molecular flexibility index (Phi) is 7.35. The molecule has 0 aliphatic carbocycles. The van der Waals surface area contributed by atoms with E-state index < -0.39 is 15.6 Å². The maximum Gasteiger partial charge on any atom is 0.534 e. The summed E-state index contributed by atoms with van der Waals surface area (Å²) in [5.41, 5.74) is -5.37. The number of alkyl halides is 3. The van der Waals surface area contributed by atoms with E-state index in [0.29, 0.717) is 12.8 Å². The number of rotatable bonds is 8. The molecule has 0 aromatic carbocycles. The summed E-state index contributed by atoms with van der Waals surface area (Å²) in [6.07, 6.45) is 5.43. The van der Waals surface area contributed by atoms with Gasteiger partial charge in [0.2, 0.25) is 0 Å². The predicted molar refractivity (Wildman–Crippen MR) is 63.2 cm³/mol. The van der Waals surface area contributed by atoms with E-state index in [1.807, 2.05) is 6.92 Å². The van der Waals surface area contributed by atoms with E-state index in [0.717, 1.165) is 19.3 Å². The summed E-state index contributed by atoms with van der Waals surface area (Å²) < 4.78 is 62.2. The van der Waals surface area contributed by atoms with Crippen LogP contribution >= 0.6 is 0 Å². The molecular formula is C11H19F3O3S. The molecule has 0 fully saturated rings. The van der Waals surface area contributed by atoms with Gasteiger partial charge in [-0.05, 0) is 18.9 Å². The largest absolute Gasteiger partial charge is 0.534 e. The van der Waals surface area contributed by atoms with Gasteiger partial charge in [-0.25, -0.2) is 0 Å². The highest BCUT2D eigenvalue weighted by atomic mass is 32.2. The molecule has 0 aliphatic heterocycles. The maximum atomic E-state index is 12.1. The molecule has 7 heteroatoms. The molecule has 0 aromatic rings. The summed E-state index contributed by atoms with van der Waals surface area (Å²) in [5, 5.41) is 0. The van der Waals surface area contributed by atoms with Crippen molar-refractivity contribution in [3.63, 3.8) is 0 Å². The van der Waals surface area contributed by atoms with Crippen molar-refractivity contribution in [2.24, 2.45) is 0 Å². The van der Waals surface area contributed by atoms with Gasteiger partial charge in [-0.2, -0.15) is 21.6 Å². The lowest BCUT2D eigenvalue weighted by Gasteiger charge is -2.12. The third-order valence-electron chi connectivity index (χ3n) is 2.21. The van der Waals surface area contributed by atoms with Gasteiger partial charge in [0.15, 0.2) is 0 Å². The quantitative estimate of drug-likeness (QED) is 0.292. The van der Waals surface area contributed by atoms with Crippen LogP contribution in [0.15, 0.2) is 11.8 Å². The van der Waals surface area contributed by atoms with E-state index in [9.17, 15) is 21.6 Å². The van der Waals surface area contributed by atoms with Gasteiger partial charge < -0.3 is 4.18 Å². The number of allylic oxidation sites excluding steroid dienone is 2. The molecule has 0 rings (SSSR count). The minimum absolute atomic E-state index is 0.120. The zero-order chi connectivity index (χ0) is 14.2. The third-order valence-corrected chi connectivity index (χ3v) is 3.21. The summed E-state index contributed by atoms with van der Waals surface area (Å²) in [4.78, 5) is 0. The van der Waals surface area contributed by atoms with E-state index in [2.05, 4.69) is 4.18 Å². The van der Waals surface area contributed by atoms with Gasteiger partial charge in [0.1, 0.15) is 5.76 Å². The van der Waals surface area contributed by atoms with Crippen molar-refractivity contribution in [1.82, 2.24) is 0 Å². The molecule has 0 radical (unpaired) electrons. The van der Waals surface area contributed by atoms with E-state index >= 15 is 0 Å². The lowest BCUT2D eigenvalue weighted by atomic mass is 10.1. The second-order valence-electron chi connectivity index (χ2n) is 3.87. The van der Waals surface area contributed by atoms with Crippen molar-refractivity contribution in [1.29, 1.82) is 0 Å². The first-order chi connectivity index (χ1) is 8.24. The molecule has 18 heavy (non-hydrogen) atoms. The first kappa shape index (κ1) is 17.3.